The molecule has 1 aromatic carbocycles. The number of unbranched alkanes of at least 4 members (excludes halogenated alkanes) is 1. The molecule has 0 saturated carbocycles. The molecule has 0 fully saturated rings. The Balaban J connectivity index is 1.93. The predicted molar refractivity (Wildman–Crippen MR) is 85.5 cm³/mol. The topological polar surface area (TPSA) is 85.1 Å². The molecule has 0 aliphatic rings. The van der Waals surface area contributed by atoms with E-state index >= 15 is 0 Å². The van der Waals surface area contributed by atoms with Gasteiger partial charge in [0.15, 0.2) is 0 Å². The van der Waals surface area contributed by atoms with Crippen molar-refractivity contribution in [1.29, 1.82) is 0 Å². The van der Waals surface area contributed by atoms with Crippen LogP contribution in [0.1, 0.15) is 18.4 Å². The molecule has 2 aromatic rings. The molecule has 0 unspecified atom stereocenters. The van der Waals surface area contributed by atoms with E-state index in [4.69, 9.17) is 5.73 Å². The fourth-order valence-electron chi connectivity index (χ4n) is 2.22. The largest absolute Gasteiger partial charge is 0.330 e. The fourth-order valence-corrected chi connectivity index (χ4v) is 3.36. The van der Waals surface area contributed by atoms with Crippen molar-refractivity contribution < 1.29 is 8.42 Å². The number of rotatable bonds is 8. The summed E-state index contributed by atoms with van der Waals surface area (Å²) in [6.07, 6.45) is 3.71. The molecule has 2 rings (SSSR count). The second-order valence-corrected chi connectivity index (χ2v) is 6.88. The molecule has 0 amide bonds. The molecule has 5 nitrogen and oxygen atoms in total. The molecule has 0 aliphatic carbocycles. The second kappa shape index (κ2) is 7.49. The summed E-state index contributed by atoms with van der Waals surface area (Å²) in [6, 6.07) is 9.85. The van der Waals surface area contributed by atoms with Gasteiger partial charge in [0.2, 0.25) is 10.0 Å². The van der Waals surface area contributed by atoms with Gasteiger partial charge >= 0.3 is 0 Å². The average molecular weight is 307 g/mol. The third-order valence-corrected chi connectivity index (χ3v) is 4.77. The van der Waals surface area contributed by atoms with E-state index in [9.17, 15) is 8.42 Å². The first-order valence-electron chi connectivity index (χ1n) is 7.12. The summed E-state index contributed by atoms with van der Waals surface area (Å²) < 4.78 is 26.2. The summed E-state index contributed by atoms with van der Waals surface area (Å²) in [5, 5.41) is 1.07. The van der Waals surface area contributed by atoms with E-state index in [2.05, 4.69) is 9.71 Å². The van der Waals surface area contributed by atoms with Crippen molar-refractivity contribution >= 4 is 20.9 Å². The van der Waals surface area contributed by atoms with E-state index < -0.39 is 10.0 Å². The second-order valence-electron chi connectivity index (χ2n) is 4.95. The van der Waals surface area contributed by atoms with Crippen LogP contribution in [0.2, 0.25) is 0 Å². The number of para-hydroxylation sites is 1. The molecule has 0 saturated heterocycles. The standard InChI is InChI=1S/C15H21N3O2S/c16-9-1-2-12-21(19,20)18-11-8-14-6-3-5-13-7-4-10-17-15(13)14/h3-7,10,18H,1-2,8-9,11-12,16H2. The zero-order chi connectivity index (χ0) is 15.1. The van der Waals surface area contributed by atoms with Crippen LogP contribution in [-0.2, 0) is 16.4 Å². The Labute approximate surface area is 125 Å². The van der Waals surface area contributed by atoms with E-state index in [1.54, 1.807) is 6.20 Å². The molecule has 1 heterocycles. The first-order chi connectivity index (χ1) is 10.1. The minimum Gasteiger partial charge on any atom is -0.330 e. The van der Waals surface area contributed by atoms with Gasteiger partial charge in [0.05, 0.1) is 11.3 Å². The van der Waals surface area contributed by atoms with Gasteiger partial charge in [0.25, 0.3) is 0 Å². The van der Waals surface area contributed by atoms with Crippen molar-refractivity contribution in [2.24, 2.45) is 5.73 Å². The normalized spacial score (nSPS) is 11.9. The lowest BCUT2D eigenvalue weighted by Gasteiger charge is -2.08. The van der Waals surface area contributed by atoms with E-state index in [0.717, 1.165) is 22.9 Å². The van der Waals surface area contributed by atoms with E-state index in [1.165, 1.54) is 0 Å². The van der Waals surface area contributed by atoms with Crippen molar-refractivity contribution in [2.75, 3.05) is 18.8 Å². The lowest BCUT2D eigenvalue weighted by molar-refractivity contribution is 0.577. The summed E-state index contributed by atoms with van der Waals surface area (Å²) >= 11 is 0. The number of hydrogen-bond acceptors (Lipinski definition) is 4. The molecule has 21 heavy (non-hydrogen) atoms. The highest BCUT2D eigenvalue weighted by Gasteiger charge is 2.09. The minimum atomic E-state index is -3.20. The Bertz CT molecular complexity index is 681. The molecule has 114 valence electrons. The average Bonchev–Trinajstić information content (AvgIpc) is 2.47. The van der Waals surface area contributed by atoms with E-state index in [0.29, 0.717) is 25.9 Å². The predicted octanol–water partition coefficient (Wildman–Crippen LogP) is 1.44. The molecular weight excluding hydrogens is 286 g/mol. The van der Waals surface area contributed by atoms with Crippen LogP contribution in [0.15, 0.2) is 36.5 Å². The number of sulfonamides is 1. The number of aromatic nitrogens is 1. The summed E-state index contributed by atoms with van der Waals surface area (Å²) in [5.74, 6) is 0.137. The maximum absolute atomic E-state index is 11.8. The molecule has 6 heteroatoms. The summed E-state index contributed by atoms with van der Waals surface area (Å²) in [5.41, 5.74) is 7.35. The van der Waals surface area contributed by atoms with Crippen molar-refractivity contribution in [3.8, 4) is 0 Å². The number of pyridine rings is 1. The summed E-state index contributed by atoms with van der Waals surface area (Å²) in [4.78, 5) is 4.37. The third-order valence-electron chi connectivity index (χ3n) is 3.30. The van der Waals surface area contributed by atoms with Gasteiger partial charge in [-0.25, -0.2) is 13.1 Å². The minimum absolute atomic E-state index is 0.137. The first kappa shape index (κ1) is 15.9. The number of nitrogens with two attached hydrogens (primary N) is 1. The number of fused-ring (bicyclic) bond motifs is 1. The molecule has 0 aliphatic heterocycles. The highest BCUT2D eigenvalue weighted by molar-refractivity contribution is 7.89. The molecule has 0 bridgehead atoms. The van der Waals surface area contributed by atoms with Crippen LogP contribution in [-0.4, -0.2) is 32.2 Å². The van der Waals surface area contributed by atoms with Crippen molar-refractivity contribution in [2.45, 2.75) is 19.3 Å². The van der Waals surface area contributed by atoms with Gasteiger partial charge in [-0.3, -0.25) is 4.98 Å². The Morgan fingerprint density at radius 1 is 1.14 bits per heavy atom. The van der Waals surface area contributed by atoms with Gasteiger partial charge < -0.3 is 5.73 Å². The molecule has 0 atom stereocenters. The van der Waals surface area contributed by atoms with Gasteiger partial charge in [-0.05, 0) is 37.4 Å². The number of benzene rings is 1. The number of nitrogens with one attached hydrogen (secondary N) is 1. The van der Waals surface area contributed by atoms with Gasteiger partial charge in [0.1, 0.15) is 0 Å². The van der Waals surface area contributed by atoms with E-state index in [1.807, 2.05) is 30.3 Å². The fraction of sp³-hybridized carbons (Fsp3) is 0.400. The number of hydrogen-bond donors (Lipinski definition) is 2. The summed E-state index contributed by atoms with van der Waals surface area (Å²) in [6.45, 7) is 0.915. The SMILES string of the molecule is NCCCCS(=O)(=O)NCCc1cccc2cccnc12. The number of nitrogens with zero attached hydrogens (tertiary/aromatic N) is 1. The van der Waals surface area contributed by atoms with Gasteiger partial charge in [-0.15, -0.1) is 0 Å². The van der Waals surface area contributed by atoms with Crippen LogP contribution in [0.4, 0.5) is 0 Å². The Morgan fingerprint density at radius 3 is 2.76 bits per heavy atom. The smallest absolute Gasteiger partial charge is 0.211 e. The van der Waals surface area contributed by atoms with E-state index in [-0.39, 0.29) is 5.75 Å². The molecular formula is C15H21N3O2S. The quantitative estimate of drug-likeness (QED) is 0.723. The van der Waals surface area contributed by atoms with Crippen LogP contribution in [0.3, 0.4) is 0 Å². The van der Waals surface area contributed by atoms with Crippen molar-refractivity contribution in [3.63, 3.8) is 0 Å². The lowest BCUT2D eigenvalue weighted by Crippen LogP contribution is -2.28. The first-order valence-corrected chi connectivity index (χ1v) is 8.77. The van der Waals surface area contributed by atoms with Gasteiger partial charge in [-0.2, -0.15) is 0 Å². The molecule has 1 aromatic heterocycles. The van der Waals surface area contributed by atoms with Crippen molar-refractivity contribution in [3.05, 3.63) is 42.1 Å². The van der Waals surface area contributed by atoms with Crippen LogP contribution in [0, 0.1) is 0 Å². The molecule has 0 spiro atoms. The van der Waals surface area contributed by atoms with Crippen molar-refractivity contribution in [1.82, 2.24) is 9.71 Å². The highest BCUT2D eigenvalue weighted by atomic mass is 32.2. The third kappa shape index (κ3) is 4.77. The maximum atomic E-state index is 11.8. The highest BCUT2D eigenvalue weighted by Crippen LogP contribution is 2.16. The monoisotopic (exact) mass is 307 g/mol. The van der Waals surface area contributed by atoms with Crippen LogP contribution < -0.4 is 10.5 Å². The summed E-state index contributed by atoms with van der Waals surface area (Å²) in [7, 11) is -3.20. The molecule has 3 N–H and O–H groups in total. The molecule has 0 radical (unpaired) electrons. The Kier molecular flexibility index (Phi) is 5.67. The van der Waals surface area contributed by atoms with Gasteiger partial charge in [-0.1, -0.05) is 24.3 Å². The Hall–Kier alpha value is -1.50. The Morgan fingerprint density at radius 2 is 1.95 bits per heavy atom. The maximum Gasteiger partial charge on any atom is 0.211 e. The van der Waals surface area contributed by atoms with Crippen LogP contribution in [0.5, 0.6) is 0 Å². The van der Waals surface area contributed by atoms with Crippen LogP contribution in [0.25, 0.3) is 10.9 Å². The zero-order valence-corrected chi connectivity index (χ0v) is 12.8. The van der Waals surface area contributed by atoms with Crippen LogP contribution >= 0.6 is 0 Å². The zero-order valence-electron chi connectivity index (χ0n) is 12.0. The lowest BCUT2D eigenvalue weighted by atomic mass is 10.1. The van der Waals surface area contributed by atoms with Gasteiger partial charge in [0, 0.05) is 18.1 Å².